The predicted molar refractivity (Wildman–Crippen MR) is 126 cm³/mol. The summed E-state index contributed by atoms with van der Waals surface area (Å²) in [6.07, 6.45) is 0. The molecule has 1 saturated heterocycles. The van der Waals surface area contributed by atoms with E-state index in [4.69, 9.17) is 9.15 Å². The standard InChI is InChI=1S/C22H27N5O6S/c1-4-32-16-5-7-17(8-6-16)34(30,31)27-11-9-26(10-12-27)13-18(28)23-22-20-19(15(3)33-22)14(2)24-25-21(20)29/h5-8H,4,9-13H2,1-3H3,(H,23,28)(H,25,29). The second-order valence-corrected chi connectivity index (χ2v) is 9.95. The summed E-state index contributed by atoms with van der Waals surface area (Å²) >= 11 is 0. The largest absolute Gasteiger partial charge is 0.494 e. The third-order valence-electron chi connectivity index (χ3n) is 5.72. The number of aromatic nitrogens is 2. The summed E-state index contributed by atoms with van der Waals surface area (Å²) in [6.45, 7) is 7.16. The summed E-state index contributed by atoms with van der Waals surface area (Å²) in [5.74, 6) is 0.841. The molecule has 11 nitrogen and oxygen atoms in total. The van der Waals surface area contributed by atoms with E-state index in [0.717, 1.165) is 0 Å². The zero-order chi connectivity index (χ0) is 24.5. The van der Waals surface area contributed by atoms with Gasteiger partial charge in [0.25, 0.3) is 5.56 Å². The number of amides is 1. The SMILES string of the molecule is CCOc1ccc(S(=O)(=O)N2CCN(CC(=O)Nc3oc(C)c4c(C)n[nH]c(=O)c34)CC2)cc1. The molecule has 0 aliphatic carbocycles. The summed E-state index contributed by atoms with van der Waals surface area (Å²) in [4.78, 5) is 26.9. The number of hydrogen-bond acceptors (Lipinski definition) is 8. The quantitative estimate of drug-likeness (QED) is 0.509. The zero-order valence-electron chi connectivity index (χ0n) is 19.3. The number of aryl methyl sites for hydroxylation is 2. The van der Waals surface area contributed by atoms with Crippen LogP contribution in [0.4, 0.5) is 5.88 Å². The Hall–Kier alpha value is -3.22. The number of H-pyrrole nitrogens is 1. The number of carbonyl (C=O) groups excluding carboxylic acids is 1. The van der Waals surface area contributed by atoms with Crippen LogP contribution in [-0.2, 0) is 14.8 Å². The van der Waals surface area contributed by atoms with E-state index in [1.165, 1.54) is 16.4 Å². The zero-order valence-corrected chi connectivity index (χ0v) is 20.1. The minimum Gasteiger partial charge on any atom is -0.494 e. The van der Waals surface area contributed by atoms with Crippen LogP contribution in [0.3, 0.4) is 0 Å². The Morgan fingerprint density at radius 2 is 1.82 bits per heavy atom. The second kappa shape index (κ2) is 9.57. The smallest absolute Gasteiger partial charge is 0.277 e. The number of aromatic amines is 1. The van der Waals surface area contributed by atoms with E-state index < -0.39 is 15.6 Å². The molecule has 0 saturated carbocycles. The van der Waals surface area contributed by atoms with Crippen LogP contribution in [0.5, 0.6) is 5.75 Å². The minimum absolute atomic E-state index is 0.0418. The van der Waals surface area contributed by atoms with Gasteiger partial charge in [-0.3, -0.25) is 19.8 Å². The van der Waals surface area contributed by atoms with Gasteiger partial charge in [0, 0.05) is 26.2 Å². The first kappa shape index (κ1) is 23.9. The lowest BCUT2D eigenvalue weighted by atomic mass is 10.2. The fourth-order valence-electron chi connectivity index (χ4n) is 4.05. The maximum Gasteiger partial charge on any atom is 0.277 e. The molecular formula is C22H27N5O6S. The average molecular weight is 490 g/mol. The Morgan fingerprint density at radius 1 is 1.15 bits per heavy atom. The van der Waals surface area contributed by atoms with E-state index in [0.29, 0.717) is 42.3 Å². The molecule has 12 heteroatoms. The molecule has 0 unspecified atom stereocenters. The lowest BCUT2D eigenvalue weighted by Gasteiger charge is -2.33. The maximum absolute atomic E-state index is 12.9. The van der Waals surface area contributed by atoms with Crippen molar-refractivity contribution in [3.63, 3.8) is 0 Å². The number of ether oxygens (including phenoxy) is 1. The molecule has 0 bridgehead atoms. The number of anilines is 1. The summed E-state index contributed by atoms with van der Waals surface area (Å²) in [5.41, 5.74) is 0.155. The normalized spacial score (nSPS) is 15.5. The first-order chi connectivity index (χ1) is 16.2. The molecule has 34 heavy (non-hydrogen) atoms. The summed E-state index contributed by atoms with van der Waals surface area (Å²) in [7, 11) is -3.63. The molecule has 0 atom stereocenters. The Balaban J connectivity index is 1.37. The number of fused-ring (bicyclic) bond motifs is 1. The highest BCUT2D eigenvalue weighted by Crippen LogP contribution is 2.28. The van der Waals surface area contributed by atoms with Crippen molar-refractivity contribution in [3.8, 4) is 5.75 Å². The molecule has 3 aromatic rings. The number of furan rings is 1. The summed E-state index contributed by atoms with van der Waals surface area (Å²) in [6, 6.07) is 6.35. The monoisotopic (exact) mass is 489 g/mol. The average Bonchev–Trinajstić information content (AvgIpc) is 3.14. The number of rotatable bonds is 7. The predicted octanol–water partition coefficient (Wildman–Crippen LogP) is 1.48. The van der Waals surface area contributed by atoms with Crippen molar-refractivity contribution in [2.45, 2.75) is 25.7 Å². The molecule has 1 amide bonds. The summed E-state index contributed by atoms with van der Waals surface area (Å²) in [5, 5.41) is 9.83. The van der Waals surface area contributed by atoms with Gasteiger partial charge in [-0.15, -0.1) is 0 Å². The van der Waals surface area contributed by atoms with Gasteiger partial charge in [0.1, 0.15) is 16.9 Å². The van der Waals surface area contributed by atoms with Crippen molar-refractivity contribution in [1.29, 1.82) is 0 Å². The van der Waals surface area contributed by atoms with Gasteiger partial charge in [0.2, 0.25) is 21.8 Å². The van der Waals surface area contributed by atoms with Crippen LogP contribution in [0.15, 0.2) is 38.4 Å². The molecule has 1 aliphatic rings. The Kier molecular flexibility index (Phi) is 6.73. The van der Waals surface area contributed by atoms with Crippen LogP contribution in [0.2, 0.25) is 0 Å². The molecule has 1 aliphatic heterocycles. The fourth-order valence-corrected chi connectivity index (χ4v) is 5.47. The second-order valence-electron chi connectivity index (χ2n) is 8.01. The van der Waals surface area contributed by atoms with Crippen LogP contribution >= 0.6 is 0 Å². The number of hydrogen-bond donors (Lipinski definition) is 2. The molecular weight excluding hydrogens is 462 g/mol. The number of piperazine rings is 1. The van der Waals surface area contributed by atoms with E-state index in [1.54, 1.807) is 26.0 Å². The van der Waals surface area contributed by atoms with Gasteiger partial charge in [-0.05, 0) is 45.0 Å². The van der Waals surface area contributed by atoms with Gasteiger partial charge in [-0.2, -0.15) is 9.40 Å². The molecule has 182 valence electrons. The molecule has 1 fully saturated rings. The van der Waals surface area contributed by atoms with Crippen molar-refractivity contribution in [3.05, 3.63) is 46.1 Å². The van der Waals surface area contributed by atoms with Crippen molar-refractivity contribution >= 4 is 32.6 Å². The molecule has 1 aromatic carbocycles. The minimum atomic E-state index is -3.63. The first-order valence-corrected chi connectivity index (χ1v) is 12.4. The van der Waals surface area contributed by atoms with Crippen LogP contribution in [-0.4, -0.2) is 73.1 Å². The molecule has 4 rings (SSSR count). The van der Waals surface area contributed by atoms with Crippen LogP contribution < -0.4 is 15.6 Å². The highest BCUT2D eigenvalue weighted by molar-refractivity contribution is 7.89. The highest BCUT2D eigenvalue weighted by Gasteiger charge is 2.29. The third kappa shape index (κ3) is 4.69. The Bertz CT molecular complexity index is 1350. The van der Waals surface area contributed by atoms with Crippen LogP contribution in [0.1, 0.15) is 18.4 Å². The maximum atomic E-state index is 12.9. The molecule has 2 aromatic heterocycles. The first-order valence-electron chi connectivity index (χ1n) is 10.9. The van der Waals surface area contributed by atoms with E-state index in [2.05, 4.69) is 15.5 Å². The van der Waals surface area contributed by atoms with Crippen molar-refractivity contribution in [1.82, 2.24) is 19.4 Å². The fraction of sp³-hybridized carbons (Fsp3) is 0.409. The van der Waals surface area contributed by atoms with Gasteiger partial charge < -0.3 is 9.15 Å². The van der Waals surface area contributed by atoms with E-state index >= 15 is 0 Å². The number of nitrogens with one attached hydrogen (secondary N) is 2. The molecule has 2 N–H and O–H groups in total. The number of sulfonamides is 1. The third-order valence-corrected chi connectivity index (χ3v) is 7.64. The molecule has 0 spiro atoms. The van der Waals surface area contributed by atoms with Crippen molar-refractivity contribution in [2.75, 3.05) is 44.6 Å². The lowest BCUT2D eigenvalue weighted by molar-refractivity contribution is -0.117. The van der Waals surface area contributed by atoms with E-state index in [9.17, 15) is 18.0 Å². The van der Waals surface area contributed by atoms with Gasteiger partial charge in [-0.1, -0.05) is 0 Å². The van der Waals surface area contributed by atoms with Crippen LogP contribution in [0.25, 0.3) is 10.8 Å². The summed E-state index contributed by atoms with van der Waals surface area (Å²) < 4.78 is 38.3. The number of nitrogens with zero attached hydrogens (tertiary/aromatic N) is 3. The molecule has 0 radical (unpaired) electrons. The molecule has 3 heterocycles. The Labute approximate surface area is 196 Å². The van der Waals surface area contributed by atoms with Gasteiger partial charge >= 0.3 is 0 Å². The van der Waals surface area contributed by atoms with Gasteiger partial charge in [0.15, 0.2) is 0 Å². The Morgan fingerprint density at radius 3 is 2.47 bits per heavy atom. The van der Waals surface area contributed by atoms with E-state index in [1.807, 2.05) is 11.8 Å². The van der Waals surface area contributed by atoms with Gasteiger partial charge in [0.05, 0.1) is 29.1 Å². The van der Waals surface area contributed by atoms with Crippen molar-refractivity contribution in [2.24, 2.45) is 0 Å². The number of carbonyl (C=O) groups is 1. The number of benzene rings is 1. The van der Waals surface area contributed by atoms with Crippen molar-refractivity contribution < 1.29 is 22.4 Å². The topological polar surface area (TPSA) is 138 Å². The highest BCUT2D eigenvalue weighted by atomic mass is 32.2. The lowest BCUT2D eigenvalue weighted by Crippen LogP contribution is -2.50. The van der Waals surface area contributed by atoms with Gasteiger partial charge in [-0.25, -0.2) is 13.5 Å². The van der Waals surface area contributed by atoms with Crippen LogP contribution in [0, 0.1) is 13.8 Å². The van der Waals surface area contributed by atoms with E-state index in [-0.39, 0.29) is 41.7 Å².